The van der Waals surface area contributed by atoms with E-state index in [0.29, 0.717) is 18.8 Å². The van der Waals surface area contributed by atoms with Crippen LogP contribution in [-0.2, 0) is 4.79 Å². The van der Waals surface area contributed by atoms with Crippen molar-refractivity contribution >= 4 is 11.7 Å². The van der Waals surface area contributed by atoms with Gasteiger partial charge >= 0.3 is 5.97 Å². The number of anilines is 1. The summed E-state index contributed by atoms with van der Waals surface area (Å²) in [7, 11) is 1.61. The van der Waals surface area contributed by atoms with Crippen molar-refractivity contribution in [1.29, 1.82) is 0 Å². The third-order valence-corrected chi connectivity index (χ3v) is 4.01. The minimum atomic E-state index is -0.818. The van der Waals surface area contributed by atoms with Crippen LogP contribution in [0.2, 0.25) is 0 Å². The summed E-state index contributed by atoms with van der Waals surface area (Å²) < 4.78 is 5.10. The molecule has 2 N–H and O–H groups in total. The molecule has 4 nitrogen and oxygen atoms in total. The van der Waals surface area contributed by atoms with Crippen molar-refractivity contribution in [1.82, 2.24) is 0 Å². The number of carboxylic acids is 1. The van der Waals surface area contributed by atoms with Gasteiger partial charge in [-0.15, -0.1) is 0 Å². The predicted octanol–water partition coefficient (Wildman–Crippen LogP) is 3.14. The Morgan fingerprint density at radius 2 is 1.89 bits per heavy atom. The van der Waals surface area contributed by atoms with E-state index in [1.165, 1.54) is 0 Å². The normalized spacial score (nSPS) is 26.7. The summed E-state index contributed by atoms with van der Waals surface area (Å²) in [6.07, 6.45) is 3.26. The van der Waals surface area contributed by atoms with Crippen LogP contribution in [0.25, 0.3) is 0 Å². The number of hydrogen-bond acceptors (Lipinski definition) is 3. The number of methoxy groups -OCH3 is 1. The van der Waals surface area contributed by atoms with Crippen LogP contribution in [0.5, 0.6) is 5.75 Å². The van der Waals surface area contributed by atoms with Crippen LogP contribution in [0.4, 0.5) is 5.69 Å². The molecule has 4 heteroatoms. The lowest BCUT2D eigenvalue weighted by Gasteiger charge is -2.37. The fraction of sp³-hybridized carbons (Fsp3) is 0.533. The van der Waals surface area contributed by atoms with Crippen molar-refractivity contribution < 1.29 is 14.6 Å². The van der Waals surface area contributed by atoms with E-state index in [-0.39, 0.29) is 0 Å². The Labute approximate surface area is 113 Å². The van der Waals surface area contributed by atoms with Crippen LogP contribution in [0.15, 0.2) is 24.3 Å². The second-order valence-corrected chi connectivity index (χ2v) is 5.42. The second kappa shape index (κ2) is 5.51. The van der Waals surface area contributed by atoms with Gasteiger partial charge in [-0.05, 0) is 55.9 Å². The summed E-state index contributed by atoms with van der Waals surface area (Å²) in [4.78, 5) is 11.6. The fourth-order valence-electron chi connectivity index (χ4n) is 2.60. The molecule has 0 unspecified atom stereocenters. The first-order valence-electron chi connectivity index (χ1n) is 6.71. The molecule has 1 aliphatic carbocycles. The van der Waals surface area contributed by atoms with Gasteiger partial charge in [0.2, 0.25) is 0 Å². The molecule has 0 radical (unpaired) electrons. The Hall–Kier alpha value is -1.71. The molecular formula is C15H21NO3. The van der Waals surface area contributed by atoms with E-state index in [9.17, 15) is 9.90 Å². The molecule has 19 heavy (non-hydrogen) atoms. The van der Waals surface area contributed by atoms with Crippen molar-refractivity contribution in [3.8, 4) is 5.75 Å². The van der Waals surface area contributed by atoms with Crippen molar-refractivity contribution in [2.45, 2.75) is 38.1 Å². The van der Waals surface area contributed by atoms with Crippen LogP contribution >= 0.6 is 0 Å². The zero-order chi connectivity index (χ0) is 13.9. The molecule has 0 heterocycles. The molecule has 1 fully saturated rings. The van der Waals surface area contributed by atoms with Gasteiger partial charge in [0.25, 0.3) is 0 Å². The molecular weight excluding hydrogens is 242 g/mol. The van der Waals surface area contributed by atoms with Gasteiger partial charge in [-0.25, -0.2) is 4.79 Å². The van der Waals surface area contributed by atoms with Gasteiger partial charge in [-0.2, -0.15) is 0 Å². The van der Waals surface area contributed by atoms with E-state index in [1.807, 2.05) is 24.3 Å². The highest BCUT2D eigenvalue weighted by Crippen LogP contribution is 2.35. The van der Waals surface area contributed by atoms with E-state index >= 15 is 0 Å². The Morgan fingerprint density at radius 3 is 2.37 bits per heavy atom. The number of benzene rings is 1. The zero-order valence-electron chi connectivity index (χ0n) is 11.5. The van der Waals surface area contributed by atoms with E-state index in [1.54, 1.807) is 7.11 Å². The average Bonchev–Trinajstić information content (AvgIpc) is 2.42. The fourth-order valence-corrected chi connectivity index (χ4v) is 2.60. The molecule has 1 aromatic carbocycles. The Morgan fingerprint density at radius 1 is 1.32 bits per heavy atom. The maximum Gasteiger partial charge on any atom is 0.329 e. The third-order valence-electron chi connectivity index (χ3n) is 4.01. The van der Waals surface area contributed by atoms with Gasteiger partial charge in [-0.1, -0.05) is 6.92 Å². The molecule has 0 spiro atoms. The van der Waals surface area contributed by atoms with Gasteiger partial charge in [0, 0.05) is 5.69 Å². The predicted molar refractivity (Wildman–Crippen MR) is 74.6 cm³/mol. The number of ether oxygens (including phenoxy) is 1. The smallest absolute Gasteiger partial charge is 0.329 e. The lowest BCUT2D eigenvalue weighted by molar-refractivity contribution is -0.143. The largest absolute Gasteiger partial charge is 0.497 e. The number of rotatable bonds is 4. The lowest BCUT2D eigenvalue weighted by atomic mass is 9.77. The number of nitrogens with one attached hydrogen (secondary N) is 1. The number of hydrogen-bond donors (Lipinski definition) is 2. The maximum absolute atomic E-state index is 11.6. The van der Waals surface area contributed by atoms with E-state index in [0.717, 1.165) is 24.3 Å². The highest BCUT2D eigenvalue weighted by Gasteiger charge is 2.41. The van der Waals surface area contributed by atoms with Crippen molar-refractivity contribution in [2.24, 2.45) is 5.92 Å². The second-order valence-electron chi connectivity index (χ2n) is 5.42. The van der Waals surface area contributed by atoms with E-state index in [2.05, 4.69) is 12.2 Å². The van der Waals surface area contributed by atoms with Crippen LogP contribution in [0, 0.1) is 5.92 Å². The Balaban J connectivity index is 2.14. The van der Waals surface area contributed by atoms with Crippen molar-refractivity contribution in [3.63, 3.8) is 0 Å². The van der Waals surface area contributed by atoms with Gasteiger partial charge in [0.15, 0.2) is 0 Å². The monoisotopic (exact) mass is 263 g/mol. The molecule has 0 atom stereocenters. The highest BCUT2D eigenvalue weighted by atomic mass is 16.5. The van der Waals surface area contributed by atoms with Crippen LogP contribution in [0.1, 0.15) is 32.6 Å². The average molecular weight is 263 g/mol. The first kappa shape index (κ1) is 13.7. The molecule has 0 amide bonds. The molecule has 0 saturated heterocycles. The van der Waals surface area contributed by atoms with Crippen LogP contribution in [0.3, 0.4) is 0 Å². The standard InChI is InChI=1S/C15H21NO3/c1-11-7-9-15(10-8-11,14(17)18)16-12-3-5-13(19-2)6-4-12/h3-6,11,16H,7-10H2,1-2H3,(H,17,18). The summed E-state index contributed by atoms with van der Waals surface area (Å²) in [6.45, 7) is 2.18. The first-order chi connectivity index (χ1) is 9.05. The zero-order valence-corrected chi connectivity index (χ0v) is 11.5. The lowest BCUT2D eigenvalue weighted by Crippen LogP contribution is -2.48. The molecule has 2 rings (SSSR count). The molecule has 1 saturated carbocycles. The minimum absolute atomic E-state index is 0.616. The van der Waals surface area contributed by atoms with Crippen LogP contribution in [-0.4, -0.2) is 23.7 Å². The van der Waals surface area contributed by atoms with Gasteiger partial charge in [0.05, 0.1) is 7.11 Å². The molecule has 104 valence electrons. The van der Waals surface area contributed by atoms with Gasteiger partial charge in [0.1, 0.15) is 11.3 Å². The van der Waals surface area contributed by atoms with E-state index in [4.69, 9.17) is 4.74 Å². The van der Waals surface area contributed by atoms with Gasteiger partial charge < -0.3 is 15.2 Å². The summed E-state index contributed by atoms with van der Waals surface area (Å²) in [6, 6.07) is 7.40. The molecule has 0 aliphatic heterocycles. The quantitative estimate of drug-likeness (QED) is 0.876. The number of carbonyl (C=O) groups is 1. The van der Waals surface area contributed by atoms with Crippen molar-refractivity contribution in [2.75, 3.05) is 12.4 Å². The van der Waals surface area contributed by atoms with Crippen molar-refractivity contribution in [3.05, 3.63) is 24.3 Å². The minimum Gasteiger partial charge on any atom is -0.497 e. The summed E-state index contributed by atoms with van der Waals surface area (Å²) in [5, 5.41) is 12.8. The first-order valence-corrected chi connectivity index (χ1v) is 6.71. The van der Waals surface area contributed by atoms with Crippen LogP contribution < -0.4 is 10.1 Å². The van der Waals surface area contributed by atoms with E-state index < -0.39 is 11.5 Å². The molecule has 1 aliphatic rings. The molecule has 0 aromatic heterocycles. The summed E-state index contributed by atoms with van der Waals surface area (Å²) >= 11 is 0. The Bertz CT molecular complexity index is 433. The number of aliphatic carboxylic acids is 1. The summed E-state index contributed by atoms with van der Waals surface area (Å²) in [5.74, 6) is 0.632. The maximum atomic E-state index is 11.6. The highest BCUT2D eigenvalue weighted by molar-refractivity contribution is 5.83. The number of carboxylic acid groups (broad SMARTS) is 1. The molecule has 0 bridgehead atoms. The molecule has 1 aromatic rings. The topological polar surface area (TPSA) is 58.6 Å². The SMILES string of the molecule is COc1ccc(NC2(C(=O)O)CCC(C)CC2)cc1. The Kier molecular flexibility index (Phi) is 3.98. The third kappa shape index (κ3) is 3.00. The van der Waals surface area contributed by atoms with Gasteiger partial charge in [-0.3, -0.25) is 0 Å². The summed E-state index contributed by atoms with van der Waals surface area (Å²) in [5.41, 5.74) is 0.0129.